The van der Waals surface area contributed by atoms with E-state index in [1.165, 1.54) is 0 Å². The van der Waals surface area contributed by atoms with Crippen LogP contribution in [-0.4, -0.2) is 42.6 Å². The van der Waals surface area contributed by atoms with Crippen molar-refractivity contribution >= 4 is 28.6 Å². The number of hydrogen-bond acceptors (Lipinski definition) is 2. The second-order valence-corrected chi connectivity index (χ2v) is 2.66. The van der Waals surface area contributed by atoms with E-state index in [1.54, 1.807) is 0 Å². The first-order chi connectivity index (χ1) is 3.72. The zero-order valence-electron chi connectivity index (χ0n) is 5.67. The average Bonchev–Trinajstić information content (AvgIpc) is 1.98. The lowest BCUT2D eigenvalue weighted by Crippen LogP contribution is -2.28. The highest BCUT2D eigenvalue weighted by molar-refractivity contribution is 8.93. The van der Waals surface area contributed by atoms with Gasteiger partial charge in [-0.15, -0.1) is 17.0 Å². The van der Waals surface area contributed by atoms with Crippen LogP contribution in [0.5, 0.6) is 0 Å². The SMILES string of the molecule is Br.CN1CCN(C)C1Cl. The second kappa shape index (κ2) is 3.76. The van der Waals surface area contributed by atoms with Gasteiger partial charge in [0.25, 0.3) is 0 Å². The Hall–Kier alpha value is 0.690. The molecule has 0 unspecified atom stereocenters. The van der Waals surface area contributed by atoms with Crippen LogP contribution in [0.15, 0.2) is 0 Å². The molecular formula is C5H12BrClN2. The van der Waals surface area contributed by atoms with Gasteiger partial charge in [0.15, 0.2) is 0 Å². The fourth-order valence-electron chi connectivity index (χ4n) is 0.865. The minimum absolute atomic E-state index is 0. The molecule has 0 aromatic carbocycles. The Balaban J connectivity index is 0.000000640. The molecule has 4 heteroatoms. The third-order valence-electron chi connectivity index (χ3n) is 1.53. The monoisotopic (exact) mass is 214 g/mol. The largest absolute Gasteiger partial charge is 0.277 e. The first-order valence-corrected chi connectivity index (χ1v) is 3.20. The lowest BCUT2D eigenvalue weighted by molar-refractivity contribution is 0.273. The molecule has 0 aromatic rings. The molecule has 0 N–H and O–H groups in total. The van der Waals surface area contributed by atoms with E-state index in [1.807, 2.05) is 14.1 Å². The van der Waals surface area contributed by atoms with Gasteiger partial charge >= 0.3 is 0 Å². The maximum atomic E-state index is 5.86. The average molecular weight is 216 g/mol. The van der Waals surface area contributed by atoms with Gasteiger partial charge in [-0.05, 0) is 14.1 Å². The highest BCUT2D eigenvalue weighted by Crippen LogP contribution is 2.12. The summed E-state index contributed by atoms with van der Waals surface area (Å²) < 4.78 is 0. The van der Waals surface area contributed by atoms with Gasteiger partial charge in [-0.3, -0.25) is 9.80 Å². The zero-order chi connectivity index (χ0) is 6.15. The van der Waals surface area contributed by atoms with Crippen molar-refractivity contribution in [3.8, 4) is 0 Å². The molecule has 1 aliphatic heterocycles. The molecule has 9 heavy (non-hydrogen) atoms. The molecule has 1 heterocycles. The minimum Gasteiger partial charge on any atom is -0.277 e. The van der Waals surface area contributed by atoms with Crippen LogP contribution in [0.2, 0.25) is 0 Å². The summed E-state index contributed by atoms with van der Waals surface area (Å²) in [6, 6.07) is 0. The highest BCUT2D eigenvalue weighted by Gasteiger charge is 2.22. The molecule has 1 aliphatic rings. The van der Waals surface area contributed by atoms with Gasteiger partial charge in [-0.1, -0.05) is 11.6 Å². The minimum atomic E-state index is 0. The molecule has 0 saturated carbocycles. The quantitative estimate of drug-likeness (QED) is 0.439. The number of halogens is 2. The Morgan fingerprint density at radius 2 is 1.56 bits per heavy atom. The summed E-state index contributed by atoms with van der Waals surface area (Å²) >= 11 is 5.86. The molecule has 56 valence electrons. The predicted molar refractivity (Wildman–Crippen MR) is 45.2 cm³/mol. The lowest BCUT2D eigenvalue weighted by Gasteiger charge is -2.16. The molecule has 0 radical (unpaired) electrons. The van der Waals surface area contributed by atoms with E-state index in [4.69, 9.17) is 11.6 Å². The Kier molecular flexibility index (Phi) is 4.05. The van der Waals surface area contributed by atoms with E-state index in [0.29, 0.717) is 0 Å². The molecule has 0 aliphatic carbocycles. The van der Waals surface area contributed by atoms with Crippen LogP contribution in [0.1, 0.15) is 0 Å². The van der Waals surface area contributed by atoms with E-state index < -0.39 is 0 Å². The molecule has 0 atom stereocenters. The van der Waals surface area contributed by atoms with E-state index in [2.05, 4.69) is 9.80 Å². The lowest BCUT2D eigenvalue weighted by atomic mass is 10.6. The summed E-state index contributed by atoms with van der Waals surface area (Å²) in [4.78, 5) is 4.23. The standard InChI is InChI=1S/C5H11ClN2.BrH/c1-7-3-4-8(2)5(7)6;/h5H,3-4H2,1-2H3;1H. The Bertz CT molecular complexity index is 81.0. The first kappa shape index (κ1) is 9.69. The maximum absolute atomic E-state index is 5.86. The van der Waals surface area contributed by atoms with Crippen LogP contribution >= 0.6 is 28.6 Å². The first-order valence-electron chi connectivity index (χ1n) is 2.76. The molecule has 0 bridgehead atoms. The summed E-state index contributed by atoms with van der Waals surface area (Å²) in [6.45, 7) is 2.18. The summed E-state index contributed by atoms with van der Waals surface area (Å²) in [7, 11) is 4.06. The summed E-state index contributed by atoms with van der Waals surface area (Å²) in [5, 5.41) is 0. The van der Waals surface area contributed by atoms with Crippen LogP contribution in [0.25, 0.3) is 0 Å². The molecule has 0 aromatic heterocycles. The van der Waals surface area contributed by atoms with Crippen LogP contribution in [-0.2, 0) is 0 Å². The molecular weight excluding hydrogens is 203 g/mol. The van der Waals surface area contributed by atoms with Crippen LogP contribution in [0.4, 0.5) is 0 Å². The second-order valence-electron chi connectivity index (χ2n) is 2.27. The number of likely N-dealkylation sites (N-methyl/N-ethyl adjacent to an activating group) is 2. The molecule has 1 rings (SSSR count). The number of hydrogen-bond donors (Lipinski definition) is 0. The zero-order valence-corrected chi connectivity index (χ0v) is 8.14. The van der Waals surface area contributed by atoms with Crippen molar-refractivity contribution in [2.45, 2.75) is 5.62 Å². The summed E-state index contributed by atoms with van der Waals surface area (Å²) in [6.07, 6.45) is 0. The Labute approximate surface area is 71.5 Å². The van der Waals surface area contributed by atoms with Crippen molar-refractivity contribution in [1.82, 2.24) is 9.80 Å². The van der Waals surface area contributed by atoms with Gasteiger partial charge in [0.1, 0.15) is 5.62 Å². The van der Waals surface area contributed by atoms with Crippen molar-refractivity contribution < 1.29 is 0 Å². The van der Waals surface area contributed by atoms with E-state index in [0.717, 1.165) is 13.1 Å². The van der Waals surface area contributed by atoms with E-state index in [9.17, 15) is 0 Å². The van der Waals surface area contributed by atoms with Gasteiger partial charge in [-0.2, -0.15) is 0 Å². The fourth-order valence-corrected chi connectivity index (χ4v) is 1.06. The number of rotatable bonds is 0. The summed E-state index contributed by atoms with van der Waals surface area (Å²) in [5.74, 6) is 0. The number of nitrogens with zero attached hydrogens (tertiary/aromatic N) is 2. The van der Waals surface area contributed by atoms with Crippen molar-refractivity contribution in [2.24, 2.45) is 0 Å². The van der Waals surface area contributed by atoms with Crippen LogP contribution < -0.4 is 0 Å². The molecule has 0 amide bonds. The molecule has 1 fully saturated rings. The van der Waals surface area contributed by atoms with Crippen molar-refractivity contribution in [2.75, 3.05) is 27.2 Å². The van der Waals surface area contributed by atoms with Gasteiger partial charge in [-0.25, -0.2) is 0 Å². The van der Waals surface area contributed by atoms with E-state index >= 15 is 0 Å². The Morgan fingerprint density at radius 1 is 1.22 bits per heavy atom. The molecule has 0 spiro atoms. The highest BCUT2D eigenvalue weighted by atomic mass is 79.9. The molecule has 1 saturated heterocycles. The van der Waals surface area contributed by atoms with Gasteiger partial charge < -0.3 is 0 Å². The van der Waals surface area contributed by atoms with Crippen molar-refractivity contribution in [1.29, 1.82) is 0 Å². The fraction of sp³-hybridized carbons (Fsp3) is 1.00. The van der Waals surface area contributed by atoms with Crippen molar-refractivity contribution in [3.63, 3.8) is 0 Å². The Morgan fingerprint density at radius 3 is 1.67 bits per heavy atom. The van der Waals surface area contributed by atoms with Gasteiger partial charge in [0.2, 0.25) is 0 Å². The van der Waals surface area contributed by atoms with Crippen molar-refractivity contribution in [3.05, 3.63) is 0 Å². The topological polar surface area (TPSA) is 6.48 Å². The van der Waals surface area contributed by atoms with Crippen LogP contribution in [0, 0.1) is 0 Å². The van der Waals surface area contributed by atoms with E-state index in [-0.39, 0.29) is 22.6 Å². The predicted octanol–water partition coefficient (Wildman–Crippen LogP) is 0.964. The number of alkyl halides is 1. The maximum Gasteiger partial charge on any atom is 0.139 e. The smallest absolute Gasteiger partial charge is 0.139 e. The van der Waals surface area contributed by atoms with Crippen LogP contribution in [0.3, 0.4) is 0 Å². The third kappa shape index (κ3) is 2.08. The normalized spacial score (nSPS) is 24.3. The summed E-state index contributed by atoms with van der Waals surface area (Å²) in [5.41, 5.74) is 0.120. The third-order valence-corrected chi connectivity index (χ3v) is 2.20. The molecule has 2 nitrogen and oxygen atoms in total. The van der Waals surface area contributed by atoms with Gasteiger partial charge in [0, 0.05) is 13.1 Å². The van der Waals surface area contributed by atoms with Gasteiger partial charge in [0.05, 0.1) is 0 Å².